The zero-order valence-electron chi connectivity index (χ0n) is 21.2. The molecule has 4 aromatic rings. The highest BCUT2D eigenvalue weighted by molar-refractivity contribution is 7.99. The number of nitrogens with zero attached hydrogens (tertiary/aromatic N) is 4. The predicted octanol–water partition coefficient (Wildman–Crippen LogP) is 4.21. The van der Waals surface area contributed by atoms with Crippen molar-refractivity contribution in [2.24, 2.45) is 0 Å². The van der Waals surface area contributed by atoms with E-state index >= 15 is 0 Å². The lowest BCUT2D eigenvalue weighted by atomic mass is 10.0. The molecule has 2 amide bonds. The number of aromatic nitrogens is 3. The molecule has 1 aliphatic heterocycles. The molecule has 0 aliphatic carbocycles. The number of aryl methyl sites for hydroxylation is 1. The second-order valence-electron chi connectivity index (χ2n) is 8.94. The maximum atomic E-state index is 13.2. The Morgan fingerprint density at radius 2 is 1.74 bits per heavy atom. The number of ether oxygens (including phenoxy) is 1. The molecule has 194 valence electrons. The van der Waals surface area contributed by atoms with Gasteiger partial charge < -0.3 is 15.0 Å². The van der Waals surface area contributed by atoms with Gasteiger partial charge in [-0.1, -0.05) is 60.3 Å². The topological polar surface area (TPSA) is 89.3 Å². The third kappa shape index (κ3) is 5.89. The standard InChI is InChI=1S/C29H29N5O3S/c1-37-24-15-13-21(14-16-24)18-27(35)30-19-26-31-32-29(34(26)23-10-3-2-4-11-23)38-20-28(36)33-17-7-9-22-8-5-6-12-25(22)33/h2-6,8,10-16H,7,9,17-20H2,1H3,(H,30,35). The van der Waals surface area contributed by atoms with Crippen molar-refractivity contribution < 1.29 is 14.3 Å². The number of anilines is 1. The molecule has 8 nitrogen and oxygen atoms in total. The van der Waals surface area contributed by atoms with Gasteiger partial charge in [0.05, 0.1) is 25.8 Å². The summed E-state index contributed by atoms with van der Waals surface area (Å²) in [6.07, 6.45) is 2.19. The molecule has 0 spiro atoms. The summed E-state index contributed by atoms with van der Waals surface area (Å²) in [7, 11) is 1.61. The molecule has 1 N–H and O–H groups in total. The lowest BCUT2D eigenvalue weighted by Crippen LogP contribution is -2.36. The minimum atomic E-state index is -0.120. The number of carbonyl (C=O) groups is 2. The van der Waals surface area contributed by atoms with Gasteiger partial charge in [-0.15, -0.1) is 10.2 Å². The number of para-hydroxylation sites is 2. The molecule has 0 atom stereocenters. The highest BCUT2D eigenvalue weighted by Gasteiger charge is 2.23. The zero-order valence-corrected chi connectivity index (χ0v) is 22.0. The number of rotatable bonds is 9. The van der Waals surface area contributed by atoms with E-state index in [9.17, 15) is 9.59 Å². The number of amides is 2. The van der Waals surface area contributed by atoms with Crippen molar-refractivity contribution in [3.05, 3.63) is 95.8 Å². The Morgan fingerprint density at radius 3 is 2.53 bits per heavy atom. The van der Waals surface area contributed by atoms with Crippen LogP contribution in [0.25, 0.3) is 5.69 Å². The maximum absolute atomic E-state index is 13.2. The molecule has 0 saturated carbocycles. The van der Waals surface area contributed by atoms with Gasteiger partial charge in [0, 0.05) is 17.9 Å². The van der Waals surface area contributed by atoms with Crippen molar-refractivity contribution in [3.63, 3.8) is 0 Å². The van der Waals surface area contributed by atoms with Crippen molar-refractivity contribution in [1.82, 2.24) is 20.1 Å². The summed E-state index contributed by atoms with van der Waals surface area (Å²) in [5.41, 5.74) is 3.96. The maximum Gasteiger partial charge on any atom is 0.237 e. The Morgan fingerprint density at radius 1 is 0.974 bits per heavy atom. The highest BCUT2D eigenvalue weighted by atomic mass is 32.2. The van der Waals surface area contributed by atoms with Gasteiger partial charge in [-0.3, -0.25) is 14.2 Å². The van der Waals surface area contributed by atoms with Gasteiger partial charge in [0.1, 0.15) is 5.75 Å². The second-order valence-corrected chi connectivity index (χ2v) is 9.88. The van der Waals surface area contributed by atoms with Crippen molar-refractivity contribution in [2.45, 2.75) is 31.0 Å². The summed E-state index contributed by atoms with van der Waals surface area (Å²) in [5, 5.41) is 12.3. The van der Waals surface area contributed by atoms with E-state index in [2.05, 4.69) is 21.6 Å². The molecule has 1 aliphatic rings. The minimum Gasteiger partial charge on any atom is -0.497 e. The third-order valence-corrected chi connectivity index (χ3v) is 7.33. The molecule has 0 fully saturated rings. The normalized spacial score (nSPS) is 12.6. The lowest BCUT2D eigenvalue weighted by molar-refractivity contribution is -0.120. The molecule has 2 heterocycles. The van der Waals surface area contributed by atoms with Crippen LogP contribution < -0.4 is 15.0 Å². The smallest absolute Gasteiger partial charge is 0.237 e. The number of hydrogen-bond acceptors (Lipinski definition) is 6. The van der Waals surface area contributed by atoms with E-state index < -0.39 is 0 Å². The lowest BCUT2D eigenvalue weighted by Gasteiger charge is -2.29. The van der Waals surface area contributed by atoms with Crippen LogP contribution in [-0.4, -0.2) is 46.0 Å². The monoisotopic (exact) mass is 527 g/mol. The highest BCUT2D eigenvalue weighted by Crippen LogP contribution is 2.29. The summed E-state index contributed by atoms with van der Waals surface area (Å²) in [4.78, 5) is 27.7. The van der Waals surface area contributed by atoms with E-state index in [4.69, 9.17) is 4.74 Å². The summed E-state index contributed by atoms with van der Waals surface area (Å²) in [6.45, 7) is 0.929. The summed E-state index contributed by atoms with van der Waals surface area (Å²) in [6, 6.07) is 25.2. The Balaban J connectivity index is 1.28. The number of nitrogens with one attached hydrogen (secondary N) is 1. The van der Waals surface area contributed by atoms with Crippen molar-refractivity contribution in [3.8, 4) is 11.4 Å². The molecule has 9 heteroatoms. The summed E-state index contributed by atoms with van der Waals surface area (Å²) in [5.74, 6) is 1.50. The largest absolute Gasteiger partial charge is 0.497 e. The van der Waals surface area contributed by atoms with Crippen molar-refractivity contribution in [2.75, 3.05) is 24.3 Å². The molecule has 3 aromatic carbocycles. The van der Waals surface area contributed by atoms with Gasteiger partial charge in [0.15, 0.2) is 11.0 Å². The third-order valence-electron chi connectivity index (χ3n) is 6.42. The van der Waals surface area contributed by atoms with Crippen LogP contribution in [-0.2, 0) is 29.0 Å². The fraction of sp³-hybridized carbons (Fsp3) is 0.241. The molecular weight excluding hydrogens is 498 g/mol. The Hall–Kier alpha value is -4.11. The number of hydrogen-bond donors (Lipinski definition) is 1. The average molecular weight is 528 g/mol. The molecule has 0 bridgehead atoms. The van der Waals surface area contributed by atoms with Gasteiger partial charge in [-0.2, -0.15) is 0 Å². The number of benzene rings is 3. The fourth-order valence-corrected chi connectivity index (χ4v) is 5.36. The van der Waals surface area contributed by atoms with Crippen LogP contribution in [0.15, 0.2) is 84.0 Å². The van der Waals surface area contributed by atoms with Crippen LogP contribution in [0.4, 0.5) is 5.69 Å². The molecule has 0 unspecified atom stereocenters. The first-order chi connectivity index (χ1) is 18.6. The van der Waals surface area contributed by atoms with Gasteiger partial charge in [0.2, 0.25) is 11.8 Å². The van der Waals surface area contributed by atoms with Gasteiger partial charge in [0.25, 0.3) is 0 Å². The number of fused-ring (bicyclic) bond motifs is 1. The first kappa shape index (κ1) is 25.5. The second kappa shape index (κ2) is 12.0. The van der Waals surface area contributed by atoms with Crippen LogP contribution in [0.5, 0.6) is 5.75 Å². The van der Waals surface area contributed by atoms with E-state index in [1.807, 2.05) is 82.3 Å². The molecule has 1 aromatic heterocycles. The van der Waals surface area contributed by atoms with Gasteiger partial charge >= 0.3 is 0 Å². The van der Waals surface area contributed by atoms with Gasteiger partial charge in [-0.05, 0) is 54.3 Å². The van der Waals surface area contributed by atoms with Crippen LogP contribution in [0.3, 0.4) is 0 Å². The van der Waals surface area contributed by atoms with E-state index in [1.165, 1.54) is 17.3 Å². The van der Waals surface area contributed by atoms with E-state index in [1.54, 1.807) is 7.11 Å². The van der Waals surface area contributed by atoms with E-state index in [0.29, 0.717) is 17.5 Å². The van der Waals surface area contributed by atoms with Gasteiger partial charge in [-0.25, -0.2) is 0 Å². The van der Waals surface area contributed by atoms with E-state index in [0.717, 1.165) is 35.5 Å². The van der Waals surface area contributed by atoms with Crippen LogP contribution in [0, 0.1) is 0 Å². The minimum absolute atomic E-state index is 0.0408. The first-order valence-electron chi connectivity index (χ1n) is 12.5. The SMILES string of the molecule is COc1ccc(CC(=O)NCc2nnc(SCC(=O)N3CCCc4ccccc43)n2-c2ccccc2)cc1. The first-order valence-corrected chi connectivity index (χ1v) is 13.5. The molecule has 0 radical (unpaired) electrons. The Kier molecular flexibility index (Phi) is 8.04. The van der Waals surface area contributed by atoms with Crippen molar-refractivity contribution >= 4 is 29.3 Å². The van der Waals surface area contributed by atoms with Crippen LogP contribution >= 0.6 is 11.8 Å². The average Bonchev–Trinajstić information content (AvgIpc) is 3.38. The predicted molar refractivity (Wildman–Crippen MR) is 148 cm³/mol. The molecule has 5 rings (SSSR count). The fourth-order valence-electron chi connectivity index (χ4n) is 4.51. The Labute approximate surface area is 226 Å². The van der Waals surface area contributed by atoms with Crippen LogP contribution in [0.2, 0.25) is 0 Å². The molecule has 0 saturated heterocycles. The Bertz CT molecular complexity index is 1410. The van der Waals surface area contributed by atoms with E-state index in [-0.39, 0.29) is 30.5 Å². The molecule has 38 heavy (non-hydrogen) atoms. The summed E-state index contributed by atoms with van der Waals surface area (Å²) < 4.78 is 7.08. The molecular formula is C29H29N5O3S. The zero-order chi connectivity index (χ0) is 26.3. The quantitative estimate of drug-likeness (QED) is 0.328. The number of thioether (sulfide) groups is 1. The number of carbonyl (C=O) groups excluding carboxylic acids is 2. The van der Waals surface area contributed by atoms with Crippen molar-refractivity contribution in [1.29, 1.82) is 0 Å². The van der Waals surface area contributed by atoms with Crippen LogP contribution in [0.1, 0.15) is 23.4 Å². The summed E-state index contributed by atoms with van der Waals surface area (Å²) >= 11 is 1.35. The number of methoxy groups -OCH3 is 1.